The highest BCUT2D eigenvalue weighted by molar-refractivity contribution is 5.19. The standard InChI is InChI=1S/C16H23F2NO/c1-19-14(4-2-5-15-6-3-9-20-15)10-12-7-8-13(17)11-16(12)18/h7-8,11,14-15,19H,2-6,9-10H2,1H3. The predicted octanol–water partition coefficient (Wildman–Crippen LogP) is 3.44. The SMILES string of the molecule is CNC(CCCC1CCCO1)Cc1ccc(F)cc1F. The molecule has 2 atom stereocenters. The molecule has 1 aromatic carbocycles. The second kappa shape index (κ2) is 7.70. The molecular formula is C16H23F2NO. The van der Waals surface area contributed by atoms with Crippen molar-refractivity contribution in [2.24, 2.45) is 0 Å². The molecule has 1 N–H and O–H groups in total. The number of rotatable bonds is 7. The van der Waals surface area contributed by atoms with Gasteiger partial charge in [0.2, 0.25) is 0 Å². The predicted molar refractivity (Wildman–Crippen MR) is 75.7 cm³/mol. The molecule has 1 saturated heterocycles. The Balaban J connectivity index is 1.78. The van der Waals surface area contributed by atoms with Crippen molar-refractivity contribution < 1.29 is 13.5 Å². The van der Waals surface area contributed by atoms with Crippen molar-refractivity contribution in [3.8, 4) is 0 Å². The Hall–Kier alpha value is -1.00. The summed E-state index contributed by atoms with van der Waals surface area (Å²) in [6.45, 7) is 0.890. The van der Waals surface area contributed by atoms with E-state index in [9.17, 15) is 8.78 Å². The van der Waals surface area contributed by atoms with Crippen LogP contribution in [-0.2, 0) is 11.2 Å². The highest BCUT2D eigenvalue weighted by Gasteiger charge is 2.16. The number of hydrogen-bond acceptors (Lipinski definition) is 2. The number of benzene rings is 1. The van der Waals surface area contributed by atoms with Gasteiger partial charge in [-0.2, -0.15) is 0 Å². The Kier molecular flexibility index (Phi) is 5.92. The van der Waals surface area contributed by atoms with Crippen molar-refractivity contribution in [1.82, 2.24) is 5.32 Å². The fourth-order valence-corrected chi connectivity index (χ4v) is 2.77. The lowest BCUT2D eigenvalue weighted by Crippen LogP contribution is -2.28. The van der Waals surface area contributed by atoms with Crippen molar-refractivity contribution in [2.75, 3.05) is 13.7 Å². The van der Waals surface area contributed by atoms with Crippen LogP contribution < -0.4 is 5.32 Å². The van der Waals surface area contributed by atoms with E-state index in [4.69, 9.17) is 4.74 Å². The molecular weight excluding hydrogens is 260 g/mol. The van der Waals surface area contributed by atoms with Crippen LogP contribution in [0.4, 0.5) is 8.78 Å². The van der Waals surface area contributed by atoms with E-state index in [2.05, 4.69) is 5.32 Å². The van der Waals surface area contributed by atoms with Gasteiger partial charge in [0, 0.05) is 18.7 Å². The zero-order valence-electron chi connectivity index (χ0n) is 12.0. The molecule has 1 aliphatic rings. The first-order valence-electron chi connectivity index (χ1n) is 7.42. The summed E-state index contributed by atoms with van der Waals surface area (Å²) in [5.41, 5.74) is 0.572. The summed E-state index contributed by atoms with van der Waals surface area (Å²) >= 11 is 0. The Labute approximate surface area is 119 Å². The molecule has 20 heavy (non-hydrogen) atoms. The van der Waals surface area contributed by atoms with Crippen LogP contribution >= 0.6 is 0 Å². The Bertz CT molecular complexity index is 419. The molecule has 0 spiro atoms. The topological polar surface area (TPSA) is 21.3 Å². The summed E-state index contributed by atoms with van der Waals surface area (Å²) in [7, 11) is 1.89. The molecule has 1 aromatic rings. The van der Waals surface area contributed by atoms with E-state index in [1.807, 2.05) is 7.05 Å². The van der Waals surface area contributed by atoms with Gasteiger partial charge in [0.25, 0.3) is 0 Å². The molecule has 0 saturated carbocycles. The van der Waals surface area contributed by atoms with E-state index in [0.717, 1.165) is 38.4 Å². The fraction of sp³-hybridized carbons (Fsp3) is 0.625. The molecule has 4 heteroatoms. The molecule has 2 unspecified atom stereocenters. The Morgan fingerprint density at radius 2 is 2.25 bits per heavy atom. The maximum absolute atomic E-state index is 13.6. The Morgan fingerprint density at radius 3 is 2.90 bits per heavy atom. The normalized spacial score (nSPS) is 20.2. The molecule has 0 bridgehead atoms. The lowest BCUT2D eigenvalue weighted by Gasteiger charge is -2.17. The van der Waals surface area contributed by atoms with E-state index >= 15 is 0 Å². The molecule has 0 amide bonds. The second-order valence-corrected chi connectivity index (χ2v) is 5.49. The van der Waals surface area contributed by atoms with Crippen LogP contribution in [0.25, 0.3) is 0 Å². The quantitative estimate of drug-likeness (QED) is 0.827. The highest BCUT2D eigenvalue weighted by atomic mass is 19.1. The van der Waals surface area contributed by atoms with Gasteiger partial charge in [0.15, 0.2) is 0 Å². The number of ether oxygens (including phenoxy) is 1. The summed E-state index contributed by atoms with van der Waals surface area (Å²) in [6, 6.07) is 4.03. The van der Waals surface area contributed by atoms with E-state index < -0.39 is 11.6 Å². The van der Waals surface area contributed by atoms with Crippen molar-refractivity contribution in [3.63, 3.8) is 0 Å². The summed E-state index contributed by atoms with van der Waals surface area (Å²) in [5.74, 6) is -0.977. The summed E-state index contributed by atoms with van der Waals surface area (Å²) in [6.07, 6.45) is 6.46. The van der Waals surface area contributed by atoms with Gasteiger partial charge in [-0.3, -0.25) is 0 Å². The largest absolute Gasteiger partial charge is 0.378 e. The summed E-state index contributed by atoms with van der Waals surface area (Å²) in [5, 5.41) is 3.22. The fourth-order valence-electron chi connectivity index (χ4n) is 2.77. The molecule has 1 aliphatic heterocycles. The van der Waals surface area contributed by atoms with Gasteiger partial charge < -0.3 is 10.1 Å². The minimum atomic E-state index is -0.523. The van der Waals surface area contributed by atoms with Gasteiger partial charge in [0.1, 0.15) is 11.6 Å². The summed E-state index contributed by atoms with van der Waals surface area (Å²) < 4.78 is 32.1. The highest BCUT2D eigenvalue weighted by Crippen LogP contribution is 2.19. The van der Waals surface area contributed by atoms with Crippen LogP contribution in [0.15, 0.2) is 18.2 Å². The maximum Gasteiger partial charge on any atom is 0.129 e. The zero-order valence-corrected chi connectivity index (χ0v) is 12.0. The van der Waals surface area contributed by atoms with Gasteiger partial charge in [0.05, 0.1) is 6.10 Å². The first-order chi connectivity index (χ1) is 9.69. The number of hydrogen-bond donors (Lipinski definition) is 1. The number of likely N-dealkylation sites (N-methyl/N-ethyl adjacent to an activating group) is 1. The average Bonchev–Trinajstić information content (AvgIpc) is 2.93. The van der Waals surface area contributed by atoms with Gasteiger partial charge in [-0.1, -0.05) is 6.07 Å². The van der Waals surface area contributed by atoms with Gasteiger partial charge in [-0.05, 0) is 57.2 Å². The molecule has 0 radical (unpaired) electrons. The first kappa shape index (κ1) is 15.4. The van der Waals surface area contributed by atoms with Crippen molar-refractivity contribution in [3.05, 3.63) is 35.4 Å². The monoisotopic (exact) mass is 283 g/mol. The lowest BCUT2D eigenvalue weighted by atomic mass is 9.99. The van der Waals surface area contributed by atoms with Gasteiger partial charge >= 0.3 is 0 Å². The number of halogens is 2. The van der Waals surface area contributed by atoms with Gasteiger partial charge in [-0.25, -0.2) is 8.78 Å². The molecule has 2 rings (SSSR count). The number of nitrogens with one attached hydrogen (secondary N) is 1. The van der Waals surface area contributed by atoms with Crippen molar-refractivity contribution >= 4 is 0 Å². The molecule has 0 aliphatic carbocycles. The van der Waals surface area contributed by atoms with E-state index in [1.54, 1.807) is 0 Å². The summed E-state index contributed by atoms with van der Waals surface area (Å²) in [4.78, 5) is 0. The minimum Gasteiger partial charge on any atom is -0.378 e. The average molecular weight is 283 g/mol. The second-order valence-electron chi connectivity index (χ2n) is 5.49. The van der Waals surface area contributed by atoms with Crippen LogP contribution in [0.2, 0.25) is 0 Å². The van der Waals surface area contributed by atoms with E-state index in [-0.39, 0.29) is 6.04 Å². The third-order valence-electron chi connectivity index (χ3n) is 3.99. The van der Waals surface area contributed by atoms with Crippen LogP contribution in [0.3, 0.4) is 0 Å². The van der Waals surface area contributed by atoms with E-state index in [1.165, 1.54) is 18.6 Å². The molecule has 1 heterocycles. The van der Waals surface area contributed by atoms with Crippen molar-refractivity contribution in [1.29, 1.82) is 0 Å². The maximum atomic E-state index is 13.6. The van der Waals surface area contributed by atoms with Crippen LogP contribution in [0.1, 0.15) is 37.7 Å². The lowest BCUT2D eigenvalue weighted by molar-refractivity contribution is 0.101. The van der Waals surface area contributed by atoms with Crippen molar-refractivity contribution in [2.45, 2.75) is 50.7 Å². The molecule has 112 valence electrons. The van der Waals surface area contributed by atoms with Crippen LogP contribution in [0.5, 0.6) is 0 Å². The third-order valence-corrected chi connectivity index (χ3v) is 3.99. The smallest absolute Gasteiger partial charge is 0.129 e. The Morgan fingerprint density at radius 1 is 1.40 bits per heavy atom. The minimum absolute atomic E-state index is 0.219. The molecule has 2 nitrogen and oxygen atoms in total. The molecule has 0 aromatic heterocycles. The zero-order chi connectivity index (χ0) is 14.4. The van der Waals surface area contributed by atoms with Crippen LogP contribution in [-0.4, -0.2) is 25.8 Å². The van der Waals surface area contributed by atoms with E-state index in [0.29, 0.717) is 18.1 Å². The third kappa shape index (κ3) is 4.53. The van der Waals surface area contributed by atoms with Gasteiger partial charge in [-0.15, -0.1) is 0 Å². The van der Waals surface area contributed by atoms with Crippen LogP contribution in [0, 0.1) is 11.6 Å². The molecule has 1 fully saturated rings. The first-order valence-corrected chi connectivity index (χ1v) is 7.42.